The van der Waals surface area contributed by atoms with Crippen LogP contribution in [0, 0.1) is 0 Å². The number of rotatable bonds is 7. The molecule has 0 saturated carbocycles. The highest BCUT2D eigenvalue weighted by Gasteiger charge is 2.27. The van der Waals surface area contributed by atoms with Crippen molar-refractivity contribution in [1.82, 2.24) is 10.3 Å². The van der Waals surface area contributed by atoms with Gasteiger partial charge in [-0.3, -0.25) is 4.79 Å². The van der Waals surface area contributed by atoms with Gasteiger partial charge in [-0.05, 0) is 19.4 Å². The van der Waals surface area contributed by atoms with Gasteiger partial charge >= 0.3 is 0 Å². The summed E-state index contributed by atoms with van der Waals surface area (Å²) in [5.41, 5.74) is 0.561. The lowest BCUT2D eigenvalue weighted by Gasteiger charge is -2.29. The molecule has 0 aromatic carbocycles. The van der Waals surface area contributed by atoms with E-state index in [1.807, 2.05) is 6.92 Å². The Balaban J connectivity index is 2.09. The standard InChI is InChI=1S/C14H18N2O4S/c1-14(4-5-17,9-19-2)16-12(18)11-8-21-13(15-11)10-3-6-20-7-10/h3,6-8,17H,4-5,9H2,1-2H3,(H,16,18). The molecular formula is C14H18N2O4S. The minimum atomic E-state index is -0.625. The number of thiazole rings is 1. The highest BCUT2D eigenvalue weighted by atomic mass is 32.1. The second kappa shape index (κ2) is 6.84. The molecular weight excluding hydrogens is 292 g/mol. The molecule has 2 heterocycles. The Kier molecular flexibility index (Phi) is 5.11. The second-order valence-corrected chi connectivity index (χ2v) is 5.83. The van der Waals surface area contributed by atoms with Gasteiger partial charge in [-0.2, -0.15) is 0 Å². The number of aromatic nitrogens is 1. The molecule has 0 aliphatic rings. The molecule has 114 valence electrons. The monoisotopic (exact) mass is 310 g/mol. The number of methoxy groups -OCH3 is 1. The molecule has 2 rings (SSSR count). The van der Waals surface area contributed by atoms with Crippen LogP contribution >= 0.6 is 11.3 Å². The summed E-state index contributed by atoms with van der Waals surface area (Å²) in [5.74, 6) is -0.283. The molecule has 2 aromatic rings. The Labute approximate surface area is 126 Å². The minimum Gasteiger partial charge on any atom is -0.472 e. The topological polar surface area (TPSA) is 84.6 Å². The van der Waals surface area contributed by atoms with Crippen molar-refractivity contribution >= 4 is 17.2 Å². The van der Waals surface area contributed by atoms with Gasteiger partial charge in [0.1, 0.15) is 17.0 Å². The van der Waals surface area contributed by atoms with E-state index < -0.39 is 5.54 Å². The molecule has 2 aromatic heterocycles. The average molecular weight is 310 g/mol. The van der Waals surface area contributed by atoms with Crippen LogP contribution in [0.5, 0.6) is 0 Å². The van der Waals surface area contributed by atoms with E-state index >= 15 is 0 Å². The lowest BCUT2D eigenvalue weighted by atomic mass is 9.99. The van der Waals surface area contributed by atoms with Crippen molar-refractivity contribution < 1.29 is 19.1 Å². The molecule has 0 radical (unpaired) electrons. The van der Waals surface area contributed by atoms with Crippen LogP contribution in [0.4, 0.5) is 0 Å². The summed E-state index contributed by atoms with van der Waals surface area (Å²) in [6.45, 7) is 2.11. The summed E-state index contributed by atoms with van der Waals surface area (Å²) < 4.78 is 10.1. The molecule has 1 unspecified atom stereocenters. The van der Waals surface area contributed by atoms with Crippen molar-refractivity contribution in [3.63, 3.8) is 0 Å². The third-order valence-corrected chi connectivity index (χ3v) is 3.94. The van der Waals surface area contributed by atoms with E-state index in [1.54, 1.807) is 31.1 Å². The van der Waals surface area contributed by atoms with Crippen molar-refractivity contribution in [3.05, 3.63) is 29.7 Å². The van der Waals surface area contributed by atoms with E-state index in [2.05, 4.69) is 10.3 Å². The Morgan fingerprint density at radius 3 is 3.05 bits per heavy atom. The lowest BCUT2D eigenvalue weighted by molar-refractivity contribution is 0.0722. The molecule has 0 aliphatic carbocycles. The Hall–Kier alpha value is -1.70. The maximum atomic E-state index is 12.3. The van der Waals surface area contributed by atoms with E-state index in [0.29, 0.717) is 18.7 Å². The van der Waals surface area contributed by atoms with Gasteiger partial charge in [0, 0.05) is 24.7 Å². The number of hydrogen-bond donors (Lipinski definition) is 2. The molecule has 7 heteroatoms. The summed E-state index contributed by atoms with van der Waals surface area (Å²) in [6, 6.07) is 1.79. The zero-order chi connectivity index (χ0) is 15.3. The van der Waals surface area contributed by atoms with Crippen LogP contribution in [-0.2, 0) is 4.74 Å². The Morgan fingerprint density at radius 1 is 1.62 bits per heavy atom. The second-order valence-electron chi connectivity index (χ2n) is 4.97. The smallest absolute Gasteiger partial charge is 0.271 e. The van der Waals surface area contributed by atoms with E-state index in [9.17, 15) is 4.79 Å². The molecule has 0 bridgehead atoms. The van der Waals surface area contributed by atoms with Crippen LogP contribution in [-0.4, -0.2) is 41.9 Å². The number of nitrogens with zero attached hydrogens (tertiary/aromatic N) is 1. The first-order valence-electron chi connectivity index (χ1n) is 6.48. The van der Waals surface area contributed by atoms with Crippen LogP contribution in [0.2, 0.25) is 0 Å². The number of hydrogen-bond acceptors (Lipinski definition) is 6. The summed E-state index contributed by atoms with van der Waals surface area (Å²) in [7, 11) is 1.56. The van der Waals surface area contributed by atoms with Crippen LogP contribution < -0.4 is 5.32 Å². The highest BCUT2D eigenvalue weighted by molar-refractivity contribution is 7.13. The van der Waals surface area contributed by atoms with Crippen LogP contribution in [0.25, 0.3) is 10.6 Å². The first kappa shape index (κ1) is 15.7. The molecule has 0 saturated heterocycles. The fourth-order valence-corrected chi connectivity index (χ4v) is 2.76. The molecule has 21 heavy (non-hydrogen) atoms. The maximum Gasteiger partial charge on any atom is 0.271 e. The zero-order valence-corrected chi connectivity index (χ0v) is 12.8. The molecule has 0 fully saturated rings. The van der Waals surface area contributed by atoms with Crippen molar-refractivity contribution in [2.24, 2.45) is 0 Å². The number of carbonyl (C=O) groups is 1. The van der Waals surface area contributed by atoms with Crippen LogP contribution in [0.3, 0.4) is 0 Å². The Bertz CT molecular complexity index is 574. The van der Waals surface area contributed by atoms with Gasteiger partial charge < -0.3 is 19.6 Å². The normalized spacial score (nSPS) is 13.9. The van der Waals surface area contributed by atoms with Gasteiger partial charge in [0.25, 0.3) is 5.91 Å². The first-order valence-corrected chi connectivity index (χ1v) is 7.36. The molecule has 0 spiro atoms. The minimum absolute atomic E-state index is 0.0303. The van der Waals surface area contributed by atoms with E-state index in [1.165, 1.54) is 11.3 Å². The maximum absolute atomic E-state index is 12.3. The zero-order valence-electron chi connectivity index (χ0n) is 12.0. The third kappa shape index (κ3) is 3.90. The van der Waals surface area contributed by atoms with Crippen molar-refractivity contribution in [3.8, 4) is 10.6 Å². The number of nitrogens with one attached hydrogen (secondary N) is 1. The van der Waals surface area contributed by atoms with E-state index in [4.69, 9.17) is 14.3 Å². The predicted octanol–water partition coefficient (Wildman–Crippen LogP) is 1.92. The van der Waals surface area contributed by atoms with Crippen molar-refractivity contribution in [2.75, 3.05) is 20.3 Å². The number of amides is 1. The predicted molar refractivity (Wildman–Crippen MR) is 79.3 cm³/mol. The fourth-order valence-electron chi connectivity index (χ4n) is 1.97. The largest absolute Gasteiger partial charge is 0.472 e. The van der Waals surface area contributed by atoms with Gasteiger partial charge in [0.15, 0.2) is 0 Å². The number of aliphatic hydroxyl groups is 1. The number of carbonyl (C=O) groups excluding carboxylic acids is 1. The Morgan fingerprint density at radius 2 is 2.43 bits per heavy atom. The van der Waals surface area contributed by atoms with Crippen LogP contribution in [0.1, 0.15) is 23.8 Å². The molecule has 1 atom stereocenters. The lowest BCUT2D eigenvalue weighted by Crippen LogP contribution is -2.50. The fraction of sp³-hybridized carbons (Fsp3) is 0.429. The van der Waals surface area contributed by atoms with Gasteiger partial charge in [-0.15, -0.1) is 11.3 Å². The van der Waals surface area contributed by atoms with E-state index in [0.717, 1.165) is 10.6 Å². The molecule has 2 N–H and O–H groups in total. The summed E-state index contributed by atoms with van der Waals surface area (Å²) in [6.07, 6.45) is 3.56. The number of aliphatic hydroxyl groups excluding tert-OH is 1. The third-order valence-electron chi connectivity index (χ3n) is 3.05. The summed E-state index contributed by atoms with van der Waals surface area (Å²) in [4.78, 5) is 16.6. The van der Waals surface area contributed by atoms with Crippen molar-refractivity contribution in [2.45, 2.75) is 18.9 Å². The SMILES string of the molecule is COCC(C)(CCO)NC(=O)c1csc(-c2ccoc2)n1. The first-order chi connectivity index (χ1) is 10.1. The van der Waals surface area contributed by atoms with Crippen molar-refractivity contribution in [1.29, 1.82) is 0 Å². The van der Waals surface area contributed by atoms with Gasteiger partial charge in [-0.1, -0.05) is 0 Å². The van der Waals surface area contributed by atoms with Gasteiger partial charge in [0.05, 0.1) is 18.4 Å². The molecule has 0 aliphatic heterocycles. The number of furan rings is 1. The highest BCUT2D eigenvalue weighted by Crippen LogP contribution is 2.24. The molecule has 6 nitrogen and oxygen atoms in total. The van der Waals surface area contributed by atoms with E-state index in [-0.39, 0.29) is 12.5 Å². The summed E-state index contributed by atoms with van der Waals surface area (Å²) in [5, 5.41) is 14.4. The van der Waals surface area contributed by atoms with Gasteiger partial charge in [-0.25, -0.2) is 4.98 Å². The molecule has 1 amide bonds. The van der Waals surface area contributed by atoms with Gasteiger partial charge in [0.2, 0.25) is 0 Å². The summed E-state index contributed by atoms with van der Waals surface area (Å²) >= 11 is 1.38. The quantitative estimate of drug-likeness (QED) is 0.816. The average Bonchev–Trinajstić information content (AvgIpc) is 3.10. The number of ether oxygens (including phenoxy) is 1. The van der Waals surface area contributed by atoms with Crippen LogP contribution in [0.15, 0.2) is 28.4 Å².